The second-order valence-electron chi connectivity index (χ2n) is 4.87. The highest BCUT2D eigenvalue weighted by molar-refractivity contribution is 6.30. The number of halogens is 1. The maximum absolute atomic E-state index is 9.02. The fourth-order valence-electron chi connectivity index (χ4n) is 2.76. The zero-order chi connectivity index (χ0) is 11.3. The summed E-state index contributed by atoms with van der Waals surface area (Å²) >= 11 is 5.99. The van der Waals surface area contributed by atoms with Gasteiger partial charge in [0.2, 0.25) is 0 Å². The number of rotatable bonds is 2. The molecule has 0 unspecified atom stereocenters. The first kappa shape index (κ1) is 10.4. The molecular weight excluding hydrogens is 224 g/mol. The van der Waals surface area contributed by atoms with Gasteiger partial charge in [0.25, 0.3) is 0 Å². The van der Waals surface area contributed by atoms with Crippen molar-refractivity contribution in [3.63, 3.8) is 0 Å². The highest BCUT2D eigenvalue weighted by atomic mass is 35.5. The summed E-state index contributed by atoms with van der Waals surface area (Å²) in [6.45, 7) is 4.48. The Bertz CT molecular complexity index is 411. The van der Waals surface area contributed by atoms with Gasteiger partial charge in [-0.3, -0.25) is 0 Å². The molecule has 1 aromatic rings. The van der Waals surface area contributed by atoms with Gasteiger partial charge in [0.05, 0.1) is 6.61 Å². The van der Waals surface area contributed by atoms with Crippen LogP contribution in [0.2, 0.25) is 5.15 Å². The molecule has 16 heavy (non-hydrogen) atoms. The lowest BCUT2D eigenvalue weighted by molar-refractivity contribution is 0.281. The van der Waals surface area contributed by atoms with E-state index in [1.54, 1.807) is 0 Å². The van der Waals surface area contributed by atoms with Crippen LogP contribution in [0.1, 0.15) is 12.5 Å². The van der Waals surface area contributed by atoms with E-state index in [4.69, 9.17) is 16.7 Å². The number of aromatic nitrogens is 1. The predicted octanol–water partition coefficient (Wildman–Crippen LogP) is 1.93. The molecule has 1 aliphatic heterocycles. The van der Waals surface area contributed by atoms with Gasteiger partial charge in [-0.1, -0.05) is 18.5 Å². The first-order valence-electron chi connectivity index (χ1n) is 5.72. The maximum atomic E-state index is 9.02. The first-order valence-corrected chi connectivity index (χ1v) is 6.09. The summed E-state index contributed by atoms with van der Waals surface area (Å²) in [5.41, 5.74) is 0.697. The molecule has 0 bridgehead atoms. The van der Waals surface area contributed by atoms with Crippen molar-refractivity contribution in [2.45, 2.75) is 13.5 Å². The smallest absolute Gasteiger partial charge is 0.136 e. The van der Waals surface area contributed by atoms with E-state index in [0.717, 1.165) is 36.7 Å². The van der Waals surface area contributed by atoms with E-state index in [1.807, 2.05) is 12.1 Å². The summed E-state index contributed by atoms with van der Waals surface area (Å²) in [7, 11) is 0. The Hall–Kier alpha value is -0.800. The van der Waals surface area contributed by atoms with Gasteiger partial charge in [-0.05, 0) is 29.9 Å². The molecule has 2 fully saturated rings. The fraction of sp³-hybridized carbons (Fsp3) is 0.583. The summed E-state index contributed by atoms with van der Waals surface area (Å²) in [5, 5.41) is 9.45. The summed E-state index contributed by atoms with van der Waals surface area (Å²) in [4.78, 5) is 6.63. The van der Waals surface area contributed by atoms with Crippen LogP contribution in [0.25, 0.3) is 0 Å². The number of aliphatic hydroxyl groups is 1. The van der Waals surface area contributed by atoms with Crippen molar-refractivity contribution in [3.8, 4) is 0 Å². The Labute approximate surface area is 100 Å². The van der Waals surface area contributed by atoms with Gasteiger partial charge in [-0.2, -0.15) is 0 Å². The minimum Gasteiger partial charge on any atom is -0.392 e. The van der Waals surface area contributed by atoms with E-state index in [2.05, 4.69) is 16.8 Å². The predicted molar refractivity (Wildman–Crippen MR) is 63.5 cm³/mol. The van der Waals surface area contributed by atoms with Crippen molar-refractivity contribution in [2.24, 2.45) is 17.8 Å². The molecule has 2 aliphatic rings. The lowest BCUT2D eigenvalue weighted by Gasteiger charge is -2.20. The zero-order valence-electron chi connectivity index (χ0n) is 9.23. The van der Waals surface area contributed by atoms with Gasteiger partial charge < -0.3 is 10.0 Å². The van der Waals surface area contributed by atoms with Gasteiger partial charge in [0.15, 0.2) is 0 Å². The molecule has 4 heteroatoms. The average molecular weight is 239 g/mol. The standard InChI is InChI=1S/C12H15ClN2O/c1-7-9-4-15(5-10(7)9)11-3-2-8(6-16)12(13)14-11/h2-3,7,9-10,16H,4-6H2,1H3/t7-,9+,10-. The van der Waals surface area contributed by atoms with Crippen LogP contribution in [0.3, 0.4) is 0 Å². The molecule has 0 amide bonds. The quantitative estimate of drug-likeness (QED) is 0.800. The third-order valence-corrected chi connectivity index (χ3v) is 4.36. The highest BCUT2D eigenvalue weighted by Crippen LogP contribution is 2.51. The van der Waals surface area contributed by atoms with Crippen molar-refractivity contribution < 1.29 is 5.11 Å². The van der Waals surface area contributed by atoms with Crippen molar-refractivity contribution >= 4 is 17.4 Å². The van der Waals surface area contributed by atoms with Crippen LogP contribution in [-0.4, -0.2) is 23.2 Å². The maximum Gasteiger partial charge on any atom is 0.136 e. The molecular formula is C12H15ClN2O. The Morgan fingerprint density at radius 1 is 1.44 bits per heavy atom. The number of hydrogen-bond donors (Lipinski definition) is 1. The van der Waals surface area contributed by atoms with Crippen LogP contribution in [0.5, 0.6) is 0 Å². The Morgan fingerprint density at radius 3 is 2.69 bits per heavy atom. The van der Waals surface area contributed by atoms with Gasteiger partial charge in [0, 0.05) is 18.7 Å². The third kappa shape index (κ3) is 1.50. The molecule has 0 aromatic carbocycles. The molecule has 1 aliphatic carbocycles. The highest BCUT2D eigenvalue weighted by Gasteiger charge is 2.52. The van der Waals surface area contributed by atoms with E-state index in [9.17, 15) is 0 Å². The molecule has 0 spiro atoms. The molecule has 0 radical (unpaired) electrons. The van der Waals surface area contributed by atoms with Gasteiger partial charge in [0.1, 0.15) is 11.0 Å². The Morgan fingerprint density at radius 2 is 2.12 bits per heavy atom. The number of hydrogen-bond acceptors (Lipinski definition) is 3. The number of aliphatic hydroxyl groups excluding tert-OH is 1. The number of fused-ring (bicyclic) bond motifs is 1. The Balaban J connectivity index is 1.78. The largest absolute Gasteiger partial charge is 0.392 e. The molecule has 86 valence electrons. The summed E-state index contributed by atoms with van der Waals surface area (Å²) in [5.74, 6) is 3.56. The van der Waals surface area contributed by atoms with Crippen molar-refractivity contribution in [1.82, 2.24) is 4.98 Å². The second-order valence-corrected chi connectivity index (χ2v) is 5.23. The van der Waals surface area contributed by atoms with Crippen molar-refractivity contribution in [2.75, 3.05) is 18.0 Å². The third-order valence-electron chi connectivity index (χ3n) is 4.03. The fourth-order valence-corrected chi connectivity index (χ4v) is 2.97. The van der Waals surface area contributed by atoms with Crippen molar-refractivity contribution in [3.05, 3.63) is 22.8 Å². The topological polar surface area (TPSA) is 36.4 Å². The number of nitrogens with zero attached hydrogens (tertiary/aromatic N) is 2. The van der Waals surface area contributed by atoms with E-state index >= 15 is 0 Å². The first-order chi connectivity index (χ1) is 7.70. The monoisotopic (exact) mass is 238 g/mol. The van der Waals surface area contributed by atoms with Gasteiger partial charge in [-0.15, -0.1) is 0 Å². The summed E-state index contributed by atoms with van der Waals surface area (Å²) < 4.78 is 0. The number of pyridine rings is 1. The van der Waals surface area contributed by atoms with Crippen LogP contribution >= 0.6 is 11.6 Å². The molecule has 1 N–H and O–H groups in total. The van der Waals surface area contributed by atoms with Crippen LogP contribution < -0.4 is 4.90 Å². The van der Waals surface area contributed by atoms with Crippen LogP contribution in [-0.2, 0) is 6.61 Å². The summed E-state index contributed by atoms with van der Waals surface area (Å²) in [6.07, 6.45) is 0. The van der Waals surface area contributed by atoms with Gasteiger partial charge in [-0.25, -0.2) is 4.98 Å². The molecule has 3 atom stereocenters. The zero-order valence-corrected chi connectivity index (χ0v) is 9.98. The lowest BCUT2D eigenvalue weighted by Crippen LogP contribution is -2.24. The van der Waals surface area contributed by atoms with Crippen LogP contribution in [0.4, 0.5) is 5.82 Å². The van der Waals surface area contributed by atoms with E-state index < -0.39 is 0 Å². The van der Waals surface area contributed by atoms with Crippen LogP contribution in [0.15, 0.2) is 12.1 Å². The molecule has 1 aromatic heterocycles. The minimum atomic E-state index is -0.0472. The Kier molecular flexibility index (Phi) is 2.33. The summed E-state index contributed by atoms with van der Waals surface area (Å²) in [6, 6.07) is 3.81. The molecule has 2 heterocycles. The normalized spacial score (nSPS) is 31.7. The minimum absolute atomic E-state index is 0.0472. The van der Waals surface area contributed by atoms with E-state index in [0.29, 0.717) is 10.7 Å². The molecule has 3 nitrogen and oxygen atoms in total. The number of piperidine rings is 1. The van der Waals surface area contributed by atoms with Gasteiger partial charge >= 0.3 is 0 Å². The number of anilines is 1. The van der Waals surface area contributed by atoms with Crippen molar-refractivity contribution in [1.29, 1.82) is 0 Å². The average Bonchev–Trinajstić information content (AvgIpc) is 2.75. The SMILES string of the molecule is C[C@H]1[C@H]2CN(c3ccc(CO)c(Cl)n3)C[C@@H]12. The molecule has 3 rings (SSSR count). The second kappa shape index (κ2) is 3.60. The van der Waals surface area contributed by atoms with E-state index in [1.165, 1.54) is 0 Å². The molecule has 1 saturated heterocycles. The van der Waals surface area contributed by atoms with Crippen LogP contribution in [0, 0.1) is 17.8 Å². The lowest BCUT2D eigenvalue weighted by atomic mass is 10.2. The van der Waals surface area contributed by atoms with E-state index in [-0.39, 0.29) is 6.61 Å². The molecule has 1 saturated carbocycles.